The van der Waals surface area contributed by atoms with Crippen LogP contribution in [-0.2, 0) is 17.9 Å². The lowest BCUT2D eigenvalue weighted by molar-refractivity contribution is -0.139. The van der Waals surface area contributed by atoms with E-state index in [2.05, 4.69) is 4.98 Å². The van der Waals surface area contributed by atoms with Gasteiger partial charge in [0.15, 0.2) is 6.61 Å². The summed E-state index contributed by atoms with van der Waals surface area (Å²) < 4.78 is 8.01. The Balaban J connectivity index is 1.80. The molecule has 0 aliphatic heterocycles. The highest BCUT2D eigenvalue weighted by atomic mass is 16.5. The summed E-state index contributed by atoms with van der Waals surface area (Å²) in [6, 6.07) is 15.9. The van der Waals surface area contributed by atoms with Crippen molar-refractivity contribution in [2.45, 2.75) is 26.4 Å². The molecule has 0 saturated heterocycles. The maximum atomic E-state index is 13.2. The molecule has 4 aromatic rings. The summed E-state index contributed by atoms with van der Waals surface area (Å²) in [5.74, 6) is -0.639. The second-order valence-corrected chi connectivity index (χ2v) is 7.72. The summed E-state index contributed by atoms with van der Waals surface area (Å²) in [5.41, 5.74) is 8.85. The van der Waals surface area contributed by atoms with Crippen molar-refractivity contribution in [3.8, 4) is 17.0 Å². The quantitative estimate of drug-likeness (QED) is 0.355. The summed E-state index contributed by atoms with van der Waals surface area (Å²) in [5, 5.41) is 8.75. The number of aliphatic carboxylic acids is 1. The van der Waals surface area contributed by atoms with Crippen molar-refractivity contribution in [2.75, 3.05) is 12.3 Å². The van der Waals surface area contributed by atoms with E-state index in [0.29, 0.717) is 47.7 Å². The van der Waals surface area contributed by atoms with Crippen LogP contribution in [0.25, 0.3) is 22.3 Å². The third-order valence-electron chi connectivity index (χ3n) is 5.30. The van der Waals surface area contributed by atoms with Crippen LogP contribution < -0.4 is 21.7 Å². The SMILES string of the molecule is CCCn1c(=O)c2[nH]c(-c3ccc(OCC(=O)O)cc3)cc2n(Cc2ccc(N)cc2)c1=O. The number of carboxylic acid groups (broad SMARTS) is 1. The molecule has 2 heterocycles. The van der Waals surface area contributed by atoms with E-state index in [4.69, 9.17) is 15.6 Å². The zero-order valence-corrected chi connectivity index (χ0v) is 18.1. The van der Waals surface area contributed by atoms with Gasteiger partial charge >= 0.3 is 11.7 Å². The van der Waals surface area contributed by atoms with Gasteiger partial charge in [0.2, 0.25) is 0 Å². The summed E-state index contributed by atoms with van der Waals surface area (Å²) in [7, 11) is 0. The predicted molar refractivity (Wildman–Crippen MR) is 126 cm³/mol. The maximum Gasteiger partial charge on any atom is 0.341 e. The molecule has 0 unspecified atom stereocenters. The van der Waals surface area contributed by atoms with Crippen molar-refractivity contribution in [3.63, 3.8) is 0 Å². The summed E-state index contributed by atoms with van der Waals surface area (Å²) in [4.78, 5) is 40.1. The average Bonchev–Trinajstić information content (AvgIpc) is 3.25. The number of hydrogen-bond acceptors (Lipinski definition) is 5. The number of nitrogens with two attached hydrogens (primary N) is 1. The third-order valence-corrected chi connectivity index (χ3v) is 5.30. The van der Waals surface area contributed by atoms with E-state index in [1.54, 1.807) is 47.0 Å². The van der Waals surface area contributed by atoms with Crippen molar-refractivity contribution < 1.29 is 14.6 Å². The van der Waals surface area contributed by atoms with Crippen LogP contribution in [0.5, 0.6) is 5.75 Å². The number of aromatic amines is 1. The van der Waals surface area contributed by atoms with Gasteiger partial charge in [-0.05, 0) is 60.0 Å². The van der Waals surface area contributed by atoms with E-state index in [-0.39, 0.29) is 11.2 Å². The molecule has 170 valence electrons. The molecule has 0 aliphatic carbocycles. The van der Waals surface area contributed by atoms with Crippen molar-refractivity contribution in [1.29, 1.82) is 0 Å². The van der Waals surface area contributed by atoms with Crippen LogP contribution in [0.1, 0.15) is 18.9 Å². The Labute approximate surface area is 188 Å². The van der Waals surface area contributed by atoms with Crippen LogP contribution in [0.2, 0.25) is 0 Å². The zero-order valence-electron chi connectivity index (χ0n) is 18.1. The molecule has 0 aliphatic rings. The number of aromatic nitrogens is 3. The molecular formula is C24H24N4O5. The molecule has 2 aromatic carbocycles. The minimum Gasteiger partial charge on any atom is -0.482 e. The highest BCUT2D eigenvalue weighted by Gasteiger charge is 2.17. The van der Waals surface area contributed by atoms with Crippen molar-refractivity contribution in [1.82, 2.24) is 14.1 Å². The van der Waals surface area contributed by atoms with Gasteiger partial charge in [-0.3, -0.25) is 13.9 Å². The van der Waals surface area contributed by atoms with Gasteiger partial charge in [0.1, 0.15) is 11.3 Å². The number of nitrogens with one attached hydrogen (secondary N) is 1. The van der Waals surface area contributed by atoms with Crippen LogP contribution in [0.3, 0.4) is 0 Å². The van der Waals surface area contributed by atoms with Gasteiger partial charge in [0.25, 0.3) is 5.56 Å². The first-order valence-corrected chi connectivity index (χ1v) is 10.5. The molecule has 0 saturated carbocycles. The number of nitrogen functional groups attached to an aromatic ring is 1. The number of carbonyl (C=O) groups is 1. The molecule has 4 N–H and O–H groups in total. The molecule has 2 aromatic heterocycles. The number of rotatable bonds is 8. The van der Waals surface area contributed by atoms with Crippen LogP contribution in [0.15, 0.2) is 64.2 Å². The van der Waals surface area contributed by atoms with E-state index < -0.39 is 12.6 Å². The fourth-order valence-electron chi connectivity index (χ4n) is 3.70. The van der Waals surface area contributed by atoms with Crippen LogP contribution in [0, 0.1) is 0 Å². The summed E-state index contributed by atoms with van der Waals surface area (Å²) >= 11 is 0. The summed E-state index contributed by atoms with van der Waals surface area (Å²) in [6.45, 7) is 2.09. The normalized spacial score (nSPS) is 11.1. The standard InChI is InChI=1S/C24H24N4O5/c1-2-11-27-23(31)22-20(28(24(27)32)13-15-3-7-17(25)8-4-15)12-19(26-22)16-5-9-18(10-6-16)33-14-21(29)30/h3-10,12,26H,2,11,13-14,25H2,1H3,(H,29,30). The van der Waals surface area contributed by atoms with E-state index in [1.807, 2.05) is 19.1 Å². The number of hydrogen-bond donors (Lipinski definition) is 3. The number of H-pyrrole nitrogens is 1. The lowest BCUT2D eigenvalue weighted by Gasteiger charge is -2.12. The Hall–Kier alpha value is -4.27. The molecule has 0 spiro atoms. The first-order chi connectivity index (χ1) is 15.9. The topological polar surface area (TPSA) is 132 Å². The van der Waals surface area contributed by atoms with Gasteiger partial charge in [-0.2, -0.15) is 0 Å². The first kappa shape index (κ1) is 21.9. The largest absolute Gasteiger partial charge is 0.482 e. The second kappa shape index (κ2) is 9.07. The molecule has 33 heavy (non-hydrogen) atoms. The maximum absolute atomic E-state index is 13.2. The fraction of sp³-hybridized carbons (Fsp3) is 0.208. The Morgan fingerprint density at radius 3 is 2.39 bits per heavy atom. The number of ether oxygens (including phenoxy) is 1. The van der Waals surface area contributed by atoms with Crippen molar-refractivity contribution >= 4 is 22.7 Å². The molecule has 0 fully saturated rings. The fourth-order valence-corrected chi connectivity index (χ4v) is 3.70. The number of fused-ring (bicyclic) bond motifs is 1. The van der Waals surface area contributed by atoms with E-state index in [9.17, 15) is 14.4 Å². The Morgan fingerprint density at radius 1 is 1.06 bits per heavy atom. The highest BCUT2D eigenvalue weighted by molar-refractivity contribution is 5.82. The minimum atomic E-state index is -1.06. The van der Waals surface area contributed by atoms with E-state index in [1.165, 1.54) is 4.57 Å². The van der Waals surface area contributed by atoms with Gasteiger partial charge in [-0.1, -0.05) is 19.1 Å². The molecule has 0 bridgehead atoms. The number of benzene rings is 2. The average molecular weight is 448 g/mol. The van der Waals surface area contributed by atoms with E-state index in [0.717, 1.165) is 11.1 Å². The van der Waals surface area contributed by atoms with Crippen LogP contribution in [-0.4, -0.2) is 31.8 Å². The smallest absolute Gasteiger partial charge is 0.341 e. The summed E-state index contributed by atoms with van der Waals surface area (Å²) in [6.07, 6.45) is 0.647. The second-order valence-electron chi connectivity index (χ2n) is 7.72. The van der Waals surface area contributed by atoms with Gasteiger partial charge in [0.05, 0.1) is 12.1 Å². The van der Waals surface area contributed by atoms with Gasteiger partial charge in [-0.15, -0.1) is 0 Å². The van der Waals surface area contributed by atoms with Gasteiger partial charge < -0.3 is 20.6 Å². The molecular weight excluding hydrogens is 424 g/mol. The van der Waals surface area contributed by atoms with Gasteiger partial charge in [-0.25, -0.2) is 9.59 Å². The van der Waals surface area contributed by atoms with Crippen molar-refractivity contribution in [2.24, 2.45) is 0 Å². The zero-order chi connectivity index (χ0) is 23.5. The molecule has 0 radical (unpaired) electrons. The molecule has 4 rings (SSSR count). The Kier molecular flexibility index (Phi) is 6.03. The highest BCUT2D eigenvalue weighted by Crippen LogP contribution is 2.25. The Bertz CT molecular complexity index is 1410. The molecule has 0 atom stereocenters. The monoisotopic (exact) mass is 448 g/mol. The lowest BCUT2D eigenvalue weighted by Crippen LogP contribution is -2.40. The molecule has 9 heteroatoms. The predicted octanol–water partition coefficient (Wildman–Crippen LogP) is 2.66. The molecule has 0 amide bonds. The van der Waals surface area contributed by atoms with Crippen LogP contribution >= 0.6 is 0 Å². The first-order valence-electron chi connectivity index (χ1n) is 10.5. The van der Waals surface area contributed by atoms with E-state index >= 15 is 0 Å². The molecule has 9 nitrogen and oxygen atoms in total. The lowest BCUT2D eigenvalue weighted by atomic mass is 10.1. The number of nitrogens with zero attached hydrogens (tertiary/aromatic N) is 2. The number of carboxylic acids is 1. The Morgan fingerprint density at radius 2 is 1.76 bits per heavy atom. The minimum absolute atomic E-state index is 0.291. The third kappa shape index (κ3) is 4.52. The van der Waals surface area contributed by atoms with Gasteiger partial charge in [0, 0.05) is 17.9 Å². The number of anilines is 1. The van der Waals surface area contributed by atoms with Crippen molar-refractivity contribution in [3.05, 3.63) is 81.0 Å². The van der Waals surface area contributed by atoms with Crippen LogP contribution in [0.4, 0.5) is 5.69 Å².